The molecular formula is C52H72. The zero-order valence-electron chi connectivity index (χ0n) is 33.6. The lowest BCUT2D eigenvalue weighted by Crippen LogP contribution is -1.96. The predicted octanol–water partition coefficient (Wildman–Crippen LogP) is 16.1. The van der Waals surface area contributed by atoms with Crippen molar-refractivity contribution in [1.82, 2.24) is 0 Å². The first-order valence-corrected chi connectivity index (χ1v) is 19.5. The van der Waals surface area contributed by atoms with Crippen LogP contribution < -0.4 is 0 Å². The number of allylic oxidation sites excluding steroid dienone is 9. The summed E-state index contributed by atoms with van der Waals surface area (Å²) >= 11 is 0. The Morgan fingerprint density at radius 2 is 1.19 bits per heavy atom. The van der Waals surface area contributed by atoms with E-state index in [4.69, 9.17) is 0 Å². The molecule has 0 saturated carbocycles. The highest BCUT2D eigenvalue weighted by atomic mass is 14.1. The summed E-state index contributed by atoms with van der Waals surface area (Å²) < 4.78 is 0. The molecule has 0 radical (unpaired) electrons. The third kappa shape index (κ3) is 19.3. The molecule has 0 nitrogen and oxygen atoms in total. The Kier molecular flexibility index (Phi) is 27.7. The maximum atomic E-state index is 3.74. The molecule has 0 N–H and O–H groups in total. The van der Waals surface area contributed by atoms with Crippen molar-refractivity contribution < 1.29 is 0 Å². The maximum Gasteiger partial charge on any atom is 0.00610 e. The lowest BCUT2D eigenvalue weighted by molar-refractivity contribution is 0.901. The molecule has 0 heteroatoms. The summed E-state index contributed by atoms with van der Waals surface area (Å²) in [5, 5.41) is 0. The molecule has 4 rings (SSSR count). The van der Waals surface area contributed by atoms with Gasteiger partial charge in [0.05, 0.1) is 0 Å². The minimum atomic E-state index is 0. The summed E-state index contributed by atoms with van der Waals surface area (Å²) in [6.45, 7) is 23.0. The molecule has 280 valence electrons. The Hall–Kier alpha value is -4.42. The molecule has 0 bridgehead atoms. The Labute approximate surface area is 321 Å². The van der Waals surface area contributed by atoms with E-state index in [1.807, 2.05) is 26.0 Å². The Morgan fingerprint density at radius 3 is 1.67 bits per heavy atom. The second-order valence-corrected chi connectivity index (χ2v) is 12.6. The van der Waals surface area contributed by atoms with E-state index in [0.717, 1.165) is 19.3 Å². The van der Waals surface area contributed by atoms with Crippen LogP contribution in [0.15, 0.2) is 158 Å². The van der Waals surface area contributed by atoms with Gasteiger partial charge < -0.3 is 0 Å². The Balaban J connectivity index is 0.000000727. The van der Waals surface area contributed by atoms with E-state index in [1.165, 1.54) is 75.8 Å². The maximum absolute atomic E-state index is 3.74. The third-order valence-electron chi connectivity index (χ3n) is 8.50. The smallest absolute Gasteiger partial charge is 0.00610 e. The van der Waals surface area contributed by atoms with E-state index in [2.05, 4.69) is 189 Å². The van der Waals surface area contributed by atoms with E-state index in [-0.39, 0.29) is 7.43 Å². The van der Waals surface area contributed by atoms with Gasteiger partial charge in [-0.05, 0) is 84.9 Å². The van der Waals surface area contributed by atoms with Gasteiger partial charge in [0.1, 0.15) is 0 Å². The van der Waals surface area contributed by atoms with Crippen LogP contribution in [0.2, 0.25) is 0 Å². The highest BCUT2D eigenvalue weighted by molar-refractivity contribution is 5.75. The summed E-state index contributed by atoms with van der Waals surface area (Å²) in [4.78, 5) is 0. The van der Waals surface area contributed by atoms with Gasteiger partial charge in [-0.15, -0.1) is 0 Å². The number of aryl methyl sites for hydroxylation is 3. The van der Waals surface area contributed by atoms with Crippen molar-refractivity contribution in [3.05, 3.63) is 197 Å². The van der Waals surface area contributed by atoms with Crippen LogP contribution in [0.25, 0.3) is 5.57 Å². The van der Waals surface area contributed by atoms with E-state index >= 15 is 0 Å². The van der Waals surface area contributed by atoms with Crippen molar-refractivity contribution in [3.8, 4) is 0 Å². The molecule has 0 aliphatic carbocycles. The molecule has 1 atom stereocenters. The summed E-state index contributed by atoms with van der Waals surface area (Å²) in [5.41, 5.74) is 12.3. The van der Waals surface area contributed by atoms with Crippen molar-refractivity contribution in [3.63, 3.8) is 0 Å². The molecule has 0 amide bonds. The second kappa shape index (κ2) is 30.2. The molecule has 0 spiro atoms. The fraction of sp³-hybridized carbons (Fsp3) is 0.346. The number of benzene rings is 4. The van der Waals surface area contributed by atoms with E-state index in [9.17, 15) is 0 Å². The fourth-order valence-corrected chi connectivity index (χ4v) is 5.47. The van der Waals surface area contributed by atoms with Gasteiger partial charge in [-0.25, -0.2) is 0 Å². The molecule has 0 saturated heterocycles. The molecule has 0 aliphatic rings. The van der Waals surface area contributed by atoms with Crippen LogP contribution in [0.4, 0.5) is 0 Å². The molecule has 1 unspecified atom stereocenters. The van der Waals surface area contributed by atoms with Crippen molar-refractivity contribution >= 4 is 5.57 Å². The molecule has 0 aliphatic heterocycles. The zero-order chi connectivity index (χ0) is 37.7. The van der Waals surface area contributed by atoms with Crippen LogP contribution in [0.3, 0.4) is 0 Å². The SMILES string of the molecule is C.C/C=C\C=C(/CC)Cc1ccc(CCC)cc1.C=C/C=C(\C=C/CC)c1ccc(C)cc1.CC.CCCc1ccc(C(C)c2ccccc2)cc1. The van der Waals surface area contributed by atoms with E-state index in [0.29, 0.717) is 5.92 Å². The van der Waals surface area contributed by atoms with Gasteiger partial charge in [0.2, 0.25) is 0 Å². The lowest BCUT2D eigenvalue weighted by atomic mass is 9.92. The average Bonchev–Trinajstić information content (AvgIpc) is 3.18. The van der Waals surface area contributed by atoms with Gasteiger partial charge in [0, 0.05) is 5.92 Å². The standard InChI is InChI=1S/C17H20.C17H24.C15H18.C2H6.CH4/c1-3-7-15-10-12-17(13-11-15)14(2)16-8-5-4-6-9-16;1-4-7-9-15(6-3)14-17-12-10-16(8-5-2)11-13-17;1-4-6-8-14(7-5-2)15-11-9-13(3)10-12-15;1-2;/h4-6,8-14H,3,7H2,1-2H3;4,7,9-13H,5-6,8,14H2,1-3H3;5-12H,2,4H2,1,3H3;1-2H3;1H4/b;7-4-,15-9+;8-6-,14-7+;;. The van der Waals surface area contributed by atoms with Crippen LogP contribution in [-0.4, -0.2) is 0 Å². The van der Waals surface area contributed by atoms with Crippen LogP contribution >= 0.6 is 0 Å². The topological polar surface area (TPSA) is 0 Å². The number of hydrogen-bond acceptors (Lipinski definition) is 0. The summed E-state index contributed by atoms with van der Waals surface area (Å²) in [6, 6.07) is 37.4. The minimum absolute atomic E-state index is 0. The monoisotopic (exact) mass is 697 g/mol. The number of rotatable bonds is 14. The molecule has 0 fully saturated rings. The molecule has 0 heterocycles. The molecule has 4 aromatic rings. The van der Waals surface area contributed by atoms with Crippen molar-refractivity contribution in [2.24, 2.45) is 0 Å². The lowest BCUT2D eigenvalue weighted by Gasteiger charge is -2.12. The molecule has 0 aromatic heterocycles. The van der Waals surface area contributed by atoms with Gasteiger partial charge in [-0.2, -0.15) is 0 Å². The summed E-state index contributed by atoms with van der Waals surface area (Å²) in [6.07, 6.45) is 22.7. The summed E-state index contributed by atoms with van der Waals surface area (Å²) in [5.74, 6) is 0.479. The van der Waals surface area contributed by atoms with Crippen LogP contribution in [-0.2, 0) is 19.3 Å². The second-order valence-electron chi connectivity index (χ2n) is 12.6. The van der Waals surface area contributed by atoms with Crippen molar-refractivity contribution in [2.45, 2.75) is 121 Å². The van der Waals surface area contributed by atoms with E-state index < -0.39 is 0 Å². The zero-order valence-corrected chi connectivity index (χ0v) is 33.6. The first-order chi connectivity index (χ1) is 24.9. The highest BCUT2D eigenvalue weighted by Crippen LogP contribution is 2.24. The largest absolute Gasteiger partial charge is 0.0990 e. The Bertz CT molecular complexity index is 1560. The fourth-order valence-electron chi connectivity index (χ4n) is 5.47. The van der Waals surface area contributed by atoms with Crippen LogP contribution in [0.1, 0.15) is 133 Å². The normalized spacial score (nSPS) is 11.6. The summed E-state index contributed by atoms with van der Waals surface area (Å²) in [7, 11) is 0. The van der Waals surface area contributed by atoms with Gasteiger partial charge in [0.25, 0.3) is 0 Å². The number of hydrogen-bond donors (Lipinski definition) is 0. The van der Waals surface area contributed by atoms with Crippen LogP contribution in [0, 0.1) is 6.92 Å². The van der Waals surface area contributed by atoms with Gasteiger partial charge in [-0.3, -0.25) is 0 Å². The molecule has 52 heavy (non-hydrogen) atoms. The molecular weight excluding hydrogens is 625 g/mol. The van der Waals surface area contributed by atoms with Gasteiger partial charge in [0.15, 0.2) is 0 Å². The van der Waals surface area contributed by atoms with Gasteiger partial charge >= 0.3 is 0 Å². The highest BCUT2D eigenvalue weighted by Gasteiger charge is 2.07. The minimum Gasteiger partial charge on any atom is -0.0990 e. The molecule has 4 aromatic carbocycles. The van der Waals surface area contributed by atoms with Crippen molar-refractivity contribution in [2.75, 3.05) is 0 Å². The van der Waals surface area contributed by atoms with E-state index in [1.54, 1.807) is 0 Å². The first kappa shape index (κ1) is 47.6. The third-order valence-corrected chi connectivity index (χ3v) is 8.50. The van der Waals surface area contributed by atoms with Gasteiger partial charge in [-0.1, -0.05) is 232 Å². The first-order valence-electron chi connectivity index (χ1n) is 19.5. The van der Waals surface area contributed by atoms with Crippen molar-refractivity contribution in [1.29, 1.82) is 0 Å². The average molecular weight is 697 g/mol. The predicted molar refractivity (Wildman–Crippen MR) is 239 cm³/mol. The quantitative estimate of drug-likeness (QED) is 0.115. The Morgan fingerprint density at radius 1 is 0.673 bits per heavy atom. The van der Waals surface area contributed by atoms with Crippen LogP contribution in [0.5, 0.6) is 0 Å².